The highest BCUT2D eigenvalue weighted by Gasteiger charge is 2.18. The van der Waals surface area contributed by atoms with Gasteiger partial charge in [-0.05, 0) is 69.2 Å². The summed E-state index contributed by atoms with van der Waals surface area (Å²) in [5.41, 5.74) is 9.81. The lowest BCUT2D eigenvalue weighted by atomic mass is 10.1. The first-order valence-corrected chi connectivity index (χ1v) is 8.81. The number of hydrogen-bond donors (Lipinski definition) is 3. The summed E-state index contributed by atoms with van der Waals surface area (Å²) in [6.45, 7) is 6.93. The van der Waals surface area contributed by atoms with E-state index in [9.17, 15) is 22.4 Å². The molecule has 0 spiro atoms. The average Bonchev–Trinajstić information content (AvgIpc) is 2.69. The molecule has 0 radical (unpaired) electrons. The molecule has 0 saturated carbocycles. The first kappa shape index (κ1) is 37.1. The standard InChI is InChI=1S/C12H14F2O2.C8H8F2.CH4O.2ClH.H2N2/c1-12(2,3)16-11(15)7-8-6-9(13)4-5-10(8)14;1-2-6-5-7(9)3-4-8(6)10;1-2;;;1-2/h4-6H,7H2,1-3H3;3-5H,2H2,1H3;2H,1H3;2*1H;1-2H. The topological polar surface area (TPSA) is 94.2 Å². The normalized spacial score (nSPS) is 9.06. The van der Waals surface area contributed by atoms with E-state index in [1.165, 1.54) is 6.07 Å². The lowest BCUT2D eigenvalue weighted by Crippen LogP contribution is -2.25. The number of halogens is 6. The minimum absolute atomic E-state index is 0. The van der Waals surface area contributed by atoms with Gasteiger partial charge < -0.3 is 9.84 Å². The number of esters is 1. The van der Waals surface area contributed by atoms with Gasteiger partial charge in [-0.3, -0.25) is 4.79 Å². The maximum Gasteiger partial charge on any atom is 0.310 e. The second-order valence-electron chi connectivity index (χ2n) is 6.59. The SMILES string of the molecule is CC(C)(C)OC(=O)Cc1cc(F)ccc1F.CCc1cc(F)ccc1F.CO.Cl.Cl.N=N. The second kappa shape index (κ2) is 19.5. The number of aliphatic hydroxyl groups excluding tert-OH is 1. The first-order chi connectivity index (χ1) is 14.0. The molecule has 3 N–H and O–H groups in total. The number of aryl methyl sites for hydroxylation is 1. The number of carbonyl (C=O) groups is 1. The van der Waals surface area contributed by atoms with Gasteiger partial charge in [0.15, 0.2) is 0 Å². The predicted octanol–water partition coefficient (Wildman–Crippen LogP) is 6.42. The van der Waals surface area contributed by atoms with Crippen molar-refractivity contribution in [2.75, 3.05) is 7.11 Å². The number of benzene rings is 2. The Morgan fingerprint density at radius 3 is 1.59 bits per heavy atom. The van der Waals surface area contributed by atoms with Crippen molar-refractivity contribution in [2.45, 2.75) is 46.1 Å². The molecule has 0 heterocycles. The van der Waals surface area contributed by atoms with Crippen LogP contribution in [-0.2, 0) is 22.4 Å². The smallest absolute Gasteiger partial charge is 0.310 e. The van der Waals surface area contributed by atoms with Gasteiger partial charge in [0.1, 0.15) is 28.9 Å². The molecule has 0 unspecified atom stereocenters. The number of carbonyl (C=O) groups excluding carboxylic acids is 1. The fraction of sp³-hybridized carbons (Fsp3) is 0.381. The third-order valence-corrected chi connectivity index (χ3v) is 3.15. The van der Waals surface area contributed by atoms with Gasteiger partial charge in [0, 0.05) is 12.7 Å². The van der Waals surface area contributed by atoms with Gasteiger partial charge in [-0.15, -0.1) is 24.8 Å². The molecule has 2 aromatic rings. The zero-order valence-electron chi connectivity index (χ0n) is 18.5. The lowest BCUT2D eigenvalue weighted by molar-refractivity contribution is -0.153. The van der Waals surface area contributed by atoms with Crippen LogP contribution >= 0.6 is 24.8 Å². The van der Waals surface area contributed by atoms with E-state index in [4.69, 9.17) is 20.9 Å². The van der Waals surface area contributed by atoms with E-state index in [0.717, 1.165) is 37.4 Å². The Morgan fingerprint density at radius 1 is 0.875 bits per heavy atom. The van der Waals surface area contributed by atoms with Crippen LogP contribution in [0.2, 0.25) is 0 Å². The molecule has 0 atom stereocenters. The van der Waals surface area contributed by atoms with Crippen LogP contribution in [0.15, 0.2) is 36.4 Å². The largest absolute Gasteiger partial charge is 0.460 e. The lowest BCUT2D eigenvalue weighted by Gasteiger charge is -2.19. The van der Waals surface area contributed by atoms with E-state index in [2.05, 4.69) is 0 Å². The Balaban J connectivity index is -0.000000213. The summed E-state index contributed by atoms with van der Waals surface area (Å²) in [7, 11) is 1.00. The number of ether oxygens (including phenoxy) is 1. The Labute approximate surface area is 198 Å². The van der Waals surface area contributed by atoms with E-state index < -0.39 is 23.2 Å². The molecule has 0 fully saturated rings. The molecule has 5 nitrogen and oxygen atoms in total. The van der Waals surface area contributed by atoms with Gasteiger partial charge in [-0.1, -0.05) is 6.92 Å². The van der Waals surface area contributed by atoms with Gasteiger partial charge in [0.2, 0.25) is 0 Å². The molecule has 0 saturated heterocycles. The maximum atomic E-state index is 13.2. The fourth-order valence-electron chi connectivity index (χ4n) is 2.03. The number of rotatable bonds is 3. The molecule has 2 rings (SSSR count). The minimum Gasteiger partial charge on any atom is -0.460 e. The molecule has 0 aliphatic rings. The van der Waals surface area contributed by atoms with Gasteiger partial charge in [-0.2, -0.15) is 0 Å². The van der Waals surface area contributed by atoms with Crippen LogP contribution in [0.4, 0.5) is 17.6 Å². The summed E-state index contributed by atoms with van der Waals surface area (Å²) >= 11 is 0. The maximum absolute atomic E-state index is 13.2. The number of aliphatic hydroxyl groups is 1. The van der Waals surface area contributed by atoms with E-state index in [1.807, 2.05) is 0 Å². The monoisotopic (exact) mass is 504 g/mol. The summed E-state index contributed by atoms with van der Waals surface area (Å²) in [6.07, 6.45) is 0.268. The van der Waals surface area contributed by atoms with E-state index in [-0.39, 0.29) is 48.4 Å². The first-order valence-electron chi connectivity index (χ1n) is 8.81. The van der Waals surface area contributed by atoms with E-state index >= 15 is 0 Å². The third kappa shape index (κ3) is 16.5. The van der Waals surface area contributed by atoms with Crippen molar-refractivity contribution in [1.29, 1.82) is 11.1 Å². The second-order valence-corrected chi connectivity index (χ2v) is 6.59. The van der Waals surface area contributed by atoms with Crippen LogP contribution in [0.3, 0.4) is 0 Å². The van der Waals surface area contributed by atoms with Crippen LogP contribution in [-0.4, -0.2) is 23.8 Å². The molecule has 0 aliphatic heterocycles. The van der Waals surface area contributed by atoms with Gasteiger partial charge in [-0.25, -0.2) is 28.6 Å². The van der Waals surface area contributed by atoms with Crippen molar-refractivity contribution < 1.29 is 32.2 Å². The molecule has 32 heavy (non-hydrogen) atoms. The van der Waals surface area contributed by atoms with Crippen LogP contribution in [0.5, 0.6) is 0 Å². The molecule has 0 bridgehead atoms. The van der Waals surface area contributed by atoms with Crippen molar-refractivity contribution in [2.24, 2.45) is 0 Å². The van der Waals surface area contributed by atoms with E-state index in [1.54, 1.807) is 27.7 Å². The van der Waals surface area contributed by atoms with Crippen molar-refractivity contribution in [1.82, 2.24) is 0 Å². The summed E-state index contributed by atoms with van der Waals surface area (Å²) in [6, 6.07) is 6.49. The zero-order chi connectivity index (χ0) is 23.9. The fourth-order valence-corrected chi connectivity index (χ4v) is 2.03. The molecule has 2 aromatic carbocycles. The quantitative estimate of drug-likeness (QED) is 0.255. The number of hydrogen-bond acceptors (Lipinski definition) is 5. The molecular formula is C21H30Cl2F4N2O3. The van der Waals surface area contributed by atoms with Crippen molar-refractivity contribution in [3.05, 3.63) is 70.8 Å². The Hall–Kier alpha value is -2.23. The Bertz CT molecular complexity index is 792. The van der Waals surface area contributed by atoms with Gasteiger partial charge in [0.25, 0.3) is 0 Å². The Morgan fingerprint density at radius 2 is 1.25 bits per heavy atom. The van der Waals surface area contributed by atoms with Crippen LogP contribution in [0, 0.1) is 34.3 Å². The zero-order valence-corrected chi connectivity index (χ0v) is 20.1. The molecule has 0 aromatic heterocycles. The van der Waals surface area contributed by atoms with Crippen molar-refractivity contribution in [3.63, 3.8) is 0 Å². The highest BCUT2D eigenvalue weighted by atomic mass is 35.5. The van der Waals surface area contributed by atoms with Crippen LogP contribution in [0.1, 0.15) is 38.8 Å². The molecule has 0 aliphatic carbocycles. The summed E-state index contributed by atoms with van der Waals surface area (Å²) in [4.78, 5) is 11.4. The summed E-state index contributed by atoms with van der Waals surface area (Å²) in [5.74, 6) is -2.45. The molecule has 184 valence electrons. The van der Waals surface area contributed by atoms with Gasteiger partial charge in [0.05, 0.1) is 6.42 Å². The predicted molar refractivity (Wildman–Crippen MR) is 120 cm³/mol. The van der Waals surface area contributed by atoms with Crippen LogP contribution in [0.25, 0.3) is 0 Å². The van der Waals surface area contributed by atoms with Crippen molar-refractivity contribution >= 4 is 30.8 Å². The summed E-state index contributed by atoms with van der Waals surface area (Å²) in [5, 5.41) is 7.00. The van der Waals surface area contributed by atoms with Crippen LogP contribution < -0.4 is 0 Å². The highest BCUT2D eigenvalue weighted by molar-refractivity contribution is 5.85. The average molecular weight is 505 g/mol. The third-order valence-electron chi connectivity index (χ3n) is 3.15. The van der Waals surface area contributed by atoms with Crippen molar-refractivity contribution in [3.8, 4) is 0 Å². The highest BCUT2D eigenvalue weighted by Crippen LogP contribution is 2.14. The van der Waals surface area contributed by atoms with Gasteiger partial charge >= 0.3 is 5.97 Å². The number of nitrogens with one attached hydrogen (secondary N) is 2. The summed E-state index contributed by atoms with van der Waals surface area (Å²) < 4.78 is 56.0. The molecule has 0 amide bonds. The molecule has 11 heteroatoms. The molecular weight excluding hydrogens is 475 g/mol. The minimum atomic E-state index is -0.624. The van der Waals surface area contributed by atoms with E-state index in [0.29, 0.717) is 12.0 Å². The Kier molecular flexibility index (Phi) is 22.6.